The molecule has 5 N–H and O–H groups in total. The number of aliphatic hydroxyl groups is 1. The zero-order valence-corrected chi connectivity index (χ0v) is 25.8. The van der Waals surface area contributed by atoms with Crippen LogP contribution in [-0.4, -0.2) is 76.6 Å². The van der Waals surface area contributed by atoms with Crippen LogP contribution in [0.5, 0.6) is 0 Å². The third kappa shape index (κ3) is 7.31. The zero-order chi connectivity index (χ0) is 32.1. The fraction of sp³-hybridized carbons (Fsp3) is 0.606. The molecule has 4 unspecified atom stereocenters. The van der Waals surface area contributed by atoms with Gasteiger partial charge >= 0.3 is 0 Å². The first-order valence-corrected chi connectivity index (χ1v) is 15.6. The van der Waals surface area contributed by atoms with Crippen LogP contribution in [-0.2, 0) is 30.4 Å². The molecular weight excluding hydrogens is 562 g/mol. The molecule has 4 rings (SSSR count). The number of primary amides is 1. The molecule has 2 aliphatic heterocycles. The summed E-state index contributed by atoms with van der Waals surface area (Å²) in [5.41, 5.74) is 3.40. The highest BCUT2D eigenvalue weighted by Gasteiger charge is 2.59. The third-order valence-electron chi connectivity index (χ3n) is 9.06. The molecule has 44 heavy (non-hydrogen) atoms. The number of amides is 3. The lowest BCUT2D eigenvalue weighted by Gasteiger charge is -2.34. The van der Waals surface area contributed by atoms with E-state index in [1.54, 1.807) is 0 Å². The van der Waals surface area contributed by atoms with Crippen LogP contribution in [0.4, 0.5) is 0 Å². The minimum absolute atomic E-state index is 0.0265. The molecular formula is C33H45N5O6. The number of aliphatic imine (C=N–C) groups is 2. The van der Waals surface area contributed by atoms with Crippen LogP contribution in [0.25, 0.3) is 0 Å². The number of carbonyl (C=O) groups is 5. The van der Waals surface area contributed by atoms with Gasteiger partial charge in [-0.2, -0.15) is 0 Å². The van der Waals surface area contributed by atoms with Crippen molar-refractivity contribution in [3.05, 3.63) is 35.9 Å². The maximum Gasteiger partial charge on any atom is 0.242 e. The van der Waals surface area contributed by atoms with E-state index in [-0.39, 0.29) is 61.0 Å². The number of nitrogens with two attached hydrogens (primary N) is 1. The van der Waals surface area contributed by atoms with Crippen molar-refractivity contribution in [3.8, 4) is 0 Å². The Balaban J connectivity index is 1.54. The average molecular weight is 608 g/mol. The minimum atomic E-state index is -1.49. The van der Waals surface area contributed by atoms with E-state index in [0.717, 1.165) is 31.2 Å². The summed E-state index contributed by atoms with van der Waals surface area (Å²) in [6, 6.07) is 8.57. The summed E-state index contributed by atoms with van der Waals surface area (Å²) < 4.78 is 0. The number of nitrogens with zero attached hydrogens (tertiary/aromatic N) is 2. The first-order valence-electron chi connectivity index (χ1n) is 15.6. The van der Waals surface area contributed by atoms with Gasteiger partial charge in [-0.25, -0.2) is 0 Å². The second-order valence-corrected chi connectivity index (χ2v) is 13.1. The van der Waals surface area contributed by atoms with Crippen LogP contribution < -0.4 is 16.4 Å². The zero-order valence-electron chi connectivity index (χ0n) is 25.8. The topological polar surface area (TPSA) is 180 Å². The van der Waals surface area contributed by atoms with Crippen molar-refractivity contribution >= 4 is 41.7 Å². The molecule has 1 aliphatic carbocycles. The Bertz CT molecular complexity index is 1310. The molecule has 3 amide bonds. The summed E-state index contributed by atoms with van der Waals surface area (Å²) in [7, 11) is 0. The average Bonchev–Trinajstić information content (AvgIpc) is 3.67. The van der Waals surface area contributed by atoms with Crippen molar-refractivity contribution in [2.75, 3.05) is 6.54 Å². The summed E-state index contributed by atoms with van der Waals surface area (Å²) in [6.45, 7) is 5.15. The molecule has 0 aromatic heterocycles. The van der Waals surface area contributed by atoms with Gasteiger partial charge in [-0.3, -0.25) is 34.0 Å². The van der Waals surface area contributed by atoms with E-state index in [1.165, 1.54) is 19.4 Å². The van der Waals surface area contributed by atoms with Gasteiger partial charge in [0, 0.05) is 45.2 Å². The number of carbonyl (C=O) groups excluding carboxylic acids is 5. The molecule has 6 atom stereocenters. The predicted molar refractivity (Wildman–Crippen MR) is 166 cm³/mol. The van der Waals surface area contributed by atoms with Crippen LogP contribution in [0.15, 0.2) is 40.3 Å². The Kier molecular flexibility index (Phi) is 10.5. The van der Waals surface area contributed by atoms with Gasteiger partial charge in [0.25, 0.3) is 0 Å². The minimum Gasteiger partial charge on any atom is -0.391 e. The number of rotatable bonds is 14. The summed E-state index contributed by atoms with van der Waals surface area (Å²) >= 11 is 0. The van der Waals surface area contributed by atoms with Gasteiger partial charge < -0.3 is 21.5 Å². The number of aliphatic hydroxyl groups excluding tert-OH is 1. The monoisotopic (exact) mass is 607 g/mol. The number of hydrogen-bond donors (Lipinski definition) is 4. The van der Waals surface area contributed by atoms with Crippen molar-refractivity contribution in [2.45, 2.75) is 95.4 Å². The molecule has 0 spiro atoms. The Hall–Kier alpha value is -3.73. The van der Waals surface area contributed by atoms with E-state index in [2.05, 4.69) is 15.6 Å². The molecule has 0 bridgehead atoms. The molecule has 2 heterocycles. The largest absolute Gasteiger partial charge is 0.391 e. The standard InChI is InChI=1S/C33H45N5O6/c1-20(2)14-32(16-25(40)18-35-31(44)28(38-21(3)39)23-11-7-8-12-23)30(43)26(19-36-32)33(15-22-9-5-4-6-10-22)29(42)24(17-37-33)13-27(34)41/h4-6,9-10,17,19-20,23-26,28,40H,7-8,11-16,18H2,1-3H3,(H2,34,41)(H,35,44)(H,38,39)/t24?,25?,26?,28-,32-,33?/m0/s1. The highest BCUT2D eigenvalue weighted by atomic mass is 16.3. The summed E-state index contributed by atoms with van der Waals surface area (Å²) in [5, 5.41) is 16.7. The van der Waals surface area contributed by atoms with Crippen molar-refractivity contribution in [1.82, 2.24) is 10.6 Å². The van der Waals surface area contributed by atoms with Crippen molar-refractivity contribution < 1.29 is 29.1 Å². The van der Waals surface area contributed by atoms with Gasteiger partial charge in [-0.1, -0.05) is 57.0 Å². The van der Waals surface area contributed by atoms with E-state index in [4.69, 9.17) is 10.7 Å². The second-order valence-electron chi connectivity index (χ2n) is 13.1. The molecule has 0 radical (unpaired) electrons. The van der Waals surface area contributed by atoms with E-state index < -0.39 is 41.0 Å². The van der Waals surface area contributed by atoms with Crippen LogP contribution in [0, 0.1) is 23.7 Å². The van der Waals surface area contributed by atoms with Crippen molar-refractivity contribution in [3.63, 3.8) is 0 Å². The highest BCUT2D eigenvalue weighted by Crippen LogP contribution is 2.43. The quantitative estimate of drug-likeness (QED) is 0.250. The first-order chi connectivity index (χ1) is 20.9. The van der Waals surface area contributed by atoms with Gasteiger partial charge in [0.15, 0.2) is 11.6 Å². The fourth-order valence-electron chi connectivity index (χ4n) is 7.16. The lowest BCUT2D eigenvalue weighted by atomic mass is 9.69. The molecule has 1 aromatic rings. The SMILES string of the molecule is CC(=O)N[C@H](C(=O)NCC(O)C[C@]1(CC(C)C)N=CC(C2(Cc3ccccc3)N=CC(CC(N)=O)C2=O)C1=O)C1CCCC1. The highest BCUT2D eigenvalue weighted by molar-refractivity contribution is 6.17. The van der Waals surface area contributed by atoms with Crippen molar-refractivity contribution in [1.29, 1.82) is 0 Å². The maximum absolute atomic E-state index is 14.4. The third-order valence-corrected chi connectivity index (χ3v) is 9.06. The summed E-state index contributed by atoms with van der Waals surface area (Å²) in [6.07, 6.45) is 5.69. The van der Waals surface area contributed by atoms with Crippen LogP contribution >= 0.6 is 0 Å². The van der Waals surface area contributed by atoms with Gasteiger partial charge in [0.05, 0.1) is 17.9 Å². The van der Waals surface area contributed by atoms with Gasteiger partial charge in [0.1, 0.15) is 17.1 Å². The molecule has 1 fully saturated rings. The normalized spacial score (nSPS) is 28.0. The van der Waals surface area contributed by atoms with E-state index >= 15 is 0 Å². The lowest BCUT2D eigenvalue weighted by molar-refractivity contribution is -0.135. The van der Waals surface area contributed by atoms with E-state index in [1.807, 2.05) is 44.2 Å². The number of hydrogen-bond acceptors (Lipinski definition) is 8. The van der Waals surface area contributed by atoms with Gasteiger partial charge in [-0.15, -0.1) is 0 Å². The lowest BCUT2D eigenvalue weighted by Crippen LogP contribution is -2.54. The Morgan fingerprint density at radius 1 is 1.02 bits per heavy atom. The van der Waals surface area contributed by atoms with Crippen molar-refractivity contribution in [2.24, 2.45) is 39.4 Å². The number of nitrogens with one attached hydrogen (secondary N) is 2. The first kappa shape index (κ1) is 33.2. The van der Waals surface area contributed by atoms with Gasteiger partial charge in [-0.05, 0) is 36.7 Å². The van der Waals surface area contributed by atoms with E-state index in [0.29, 0.717) is 6.42 Å². The maximum atomic E-state index is 14.4. The van der Waals surface area contributed by atoms with Crippen LogP contribution in [0.3, 0.4) is 0 Å². The number of benzene rings is 1. The van der Waals surface area contributed by atoms with Crippen LogP contribution in [0.2, 0.25) is 0 Å². The molecule has 3 aliphatic rings. The molecule has 1 aromatic carbocycles. The Labute approximate surface area is 258 Å². The van der Waals surface area contributed by atoms with Gasteiger partial charge in [0.2, 0.25) is 17.7 Å². The fourth-order valence-corrected chi connectivity index (χ4v) is 7.16. The Morgan fingerprint density at radius 3 is 2.32 bits per heavy atom. The summed E-state index contributed by atoms with van der Waals surface area (Å²) in [5.74, 6) is -3.74. The number of Topliss-reactive ketones (excluding diaryl/α,β-unsaturated/α-hetero) is 2. The smallest absolute Gasteiger partial charge is 0.242 e. The molecule has 11 heteroatoms. The van der Waals surface area contributed by atoms with E-state index in [9.17, 15) is 29.1 Å². The second kappa shape index (κ2) is 13.9. The molecule has 238 valence electrons. The number of ketones is 2. The van der Waals surface area contributed by atoms with Crippen LogP contribution in [0.1, 0.15) is 71.3 Å². The molecule has 0 saturated heterocycles. The molecule has 1 saturated carbocycles. The Morgan fingerprint density at radius 2 is 1.70 bits per heavy atom. The molecule has 11 nitrogen and oxygen atoms in total. The predicted octanol–water partition coefficient (Wildman–Crippen LogP) is 1.73. The summed E-state index contributed by atoms with van der Waals surface area (Å²) in [4.78, 5) is 74.2.